The average molecular weight is 442 g/mol. The van der Waals surface area contributed by atoms with E-state index < -0.39 is 54.6 Å². The van der Waals surface area contributed by atoms with Crippen molar-refractivity contribution >= 4 is 17.8 Å². The first-order chi connectivity index (χ1) is 14.6. The van der Waals surface area contributed by atoms with Gasteiger partial charge < -0.3 is 20.6 Å². The molecule has 8 nitrogen and oxygen atoms in total. The van der Waals surface area contributed by atoms with E-state index in [0.29, 0.717) is 0 Å². The van der Waals surface area contributed by atoms with Gasteiger partial charge in [0.05, 0.1) is 17.3 Å². The Bertz CT molecular complexity index is 1040. The summed E-state index contributed by atoms with van der Waals surface area (Å²) in [5.74, 6) is -3.96. The highest BCUT2D eigenvalue weighted by Crippen LogP contribution is 2.37. The number of benzene rings is 1. The first kappa shape index (κ1) is 22.1. The van der Waals surface area contributed by atoms with E-state index in [-0.39, 0.29) is 17.9 Å². The lowest BCUT2D eigenvalue weighted by molar-refractivity contribution is -0.179. The molecule has 3 rings (SSSR count). The molecule has 1 aromatic carbocycles. The van der Waals surface area contributed by atoms with Gasteiger partial charge >= 0.3 is 18.3 Å². The van der Waals surface area contributed by atoms with Gasteiger partial charge in [0, 0.05) is 43.9 Å². The van der Waals surface area contributed by atoms with Crippen LogP contribution in [0, 0.1) is 17.7 Å². The Labute approximate surface area is 173 Å². The Hall–Kier alpha value is -3.57. The standard InChI is InChI=1S/C19H18F4N4O4/c20-14-7-12(27-6-2-1-3-16(27)28)4-5-15(14)25-17(29)26-9-11(8-24-18(30)31)13(10-26)19(21,22)23/h1-7,11,13,24H,8-10H2,(H,25,29)(H,30,31)/t11-,13-/m1/s1. The Kier molecular flexibility index (Phi) is 6.18. The fraction of sp³-hybridized carbons (Fsp3) is 0.316. The van der Waals surface area contributed by atoms with Crippen LogP contribution >= 0.6 is 0 Å². The van der Waals surface area contributed by atoms with Crippen LogP contribution in [0.25, 0.3) is 5.69 Å². The van der Waals surface area contributed by atoms with Gasteiger partial charge in [-0.15, -0.1) is 0 Å². The third-order valence-electron chi connectivity index (χ3n) is 4.96. The number of carbonyl (C=O) groups excluding carboxylic acids is 1. The monoisotopic (exact) mass is 442 g/mol. The zero-order valence-corrected chi connectivity index (χ0v) is 15.9. The minimum atomic E-state index is -4.63. The topological polar surface area (TPSA) is 104 Å². The van der Waals surface area contributed by atoms with E-state index in [1.165, 1.54) is 35.0 Å². The first-order valence-corrected chi connectivity index (χ1v) is 9.13. The van der Waals surface area contributed by atoms with E-state index in [1.807, 2.05) is 5.32 Å². The molecule has 0 spiro atoms. The number of alkyl halides is 3. The summed E-state index contributed by atoms with van der Waals surface area (Å²) in [5.41, 5.74) is -0.456. The van der Waals surface area contributed by atoms with Gasteiger partial charge in [-0.2, -0.15) is 13.2 Å². The minimum Gasteiger partial charge on any atom is -0.465 e. The molecule has 1 aromatic heterocycles. The van der Waals surface area contributed by atoms with Gasteiger partial charge in [0.25, 0.3) is 5.56 Å². The van der Waals surface area contributed by atoms with E-state index in [0.717, 1.165) is 11.0 Å². The van der Waals surface area contributed by atoms with E-state index in [9.17, 15) is 31.9 Å². The van der Waals surface area contributed by atoms with Gasteiger partial charge in [-0.25, -0.2) is 14.0 Å². The van der Waals surface area contributed by atoms with Crippen molar-refractivity contribution in [3.8, 4) is 5.69 Å². The fourth-order valence-corrected chi connectivity index (χ4v) is 3.42. The first-order valence-electron chi connectivity index (χ1n) is 9.13. The fourth-order valence-electron chi connectivity index (χ4n) is 3.42. The summed E-state index contributed by atoms with van der Waals surface area (Å²) in [6.45, 7) is -1.51. The van der Waals surface area contributed by atoms with Crippen molar-refractivity contribution in [1.29, 1.82) is 0 Å². The lowest BCUT2D eigenvalue weighted by Gasteiger charge is -2.20. The van der Waals surface area contributed by atoms with Gasteiger partial charge in [-0.05, 0) is 18.2 Å². The highest BCUT2D eigenvalue weighted by molar-refractivity contribution is 5.89. The number of amides is 3. The number of aromatic nitrogens is 1. The highest BCUT2D eigenvalue weighted by atomic mass is 19.4. The number of rotatable bonds is 4. The molecule has 3 amide bonds. The molecule has 2 heterocycles. The predicted molar refractivity (Wildman–Crippen MR) is 102 cm³/mol. The minimum absolute atomic E-state index is 0.208. The Balaban J connectivity index is 1.73. The summed E-state index contributed by atoms with van der Waals surface area (Å²) in [7, 11) is 0. The maximum absolute atomic E-state index is 14.5. The number of nitrogens with one attached hydrogen (secondary N) is 2. The van der Waals surface area contributed by atoms with Gasteiger partial charge in [-0.1, -0.05) is 6.07 Å². The molecular formula is C19H18F4N4O4. The predicted octanol–water partition coefficient (Wildman–Crippen LogP) is 2.89. The van der Waals surface area contributed by atoms with E-state index >= 15 is 0 Å². The molecule has 1 saturated heterocycles. The number of halogens is 4. The van der Waals surface area contributed by atoms with E-state index in [4.69, 9.17) is 5.11 Å². The largest absolute Gasteiger partial charge is 0.465 e. The number of carbonyl (C=O) groups is 2. The van der Waals surface area contributed by atoms with Crippen LogP contribution in [0.2, 0.25) is 0 Å². The number of carboxylic acid groups (broad SMARTS) is 1. The number of hydrogen-bond acceptors (Lipinski definition) is 3. The number of nitrogens with zero attached hydrogens (tertiary/aromatic N) is 2. The summed E-state index contributed by atoms with van der Waals surface area (Å²) in [6.07, 6.45) is -4.67. The maximum atomic E-state index is 14.5. The van der Waals surface area contributed by atoms with Crippen LogP contribution < -0.4 is 16.2 Å². The highest BCUT2D eigenvalue weighted by Gasteiger charge is 2.50. The molecule has 3 N–H and O–H groups in total. The number of anilines is 1. The Morgan fingerprint density at radius 1 is 1.16 bits per heavy atom. The molecule has 1 aliphatic heterocycles. The van der Waals surface area contributed by atoms with Crippen molar-refractivity contribution in [3.05, 3.63) is 58.8 Å². The van der Waals surface area contributed by atoms with Gasteiger partial charge in [0.1, 0.15) is 5.82 Å². The molecule has 0 unspecified atom stereocenters. The Morgan fingerprint density at radius 3 is 2.52 bits per heavy atom. The van der Waals surface area contributed by atoms with Crippen molar-refractivity contribution in [2.45, 2.75) is 6.18 Å². The lowest BCUT2D eigenvalue weighted by atomic mass is 9.95. The SMILES string of the molecule is O=C(O)NC[C@@H]1CN(C(=O)Nc2ccc(-n3ccccc3=O)cc2F)C[C@H]1C(F)(F)F. The van der Waals surface area contributed by atoms with Crippen molar-refractivity contribution in [1.82, 2.24) is 14.8 Å². The molecule has 0 bridgehead atoms. The summed E-state index contributed by atoms with van der Waals surface area (Å²) in [5, 5.41) is 12.8. The number of hydrogen-bond donors (Lipinski definition) is 3. The summed E-state index contributed by atoms with van der Waals surface area (Å²) < 4.78 is 55.5. The molecule has 2 aromatic rings. The summed E-state index contributed by atoms with van der Waals surface area (Å²) in [6, 6.07) is 7.02. The molecule has 0 aliphatic carbocycles. The second-order valence-corrected chi connectivity index (χ2v) is 7.00. The van der Waals surface area contributed by atoms with Crippen LogP contribution in [0.3, 0.4) is 0 Å². The number of pyridine rings is 1. The summed E-state index contributed by atoms with van der Waals surface area (Å²) >= 11 is 0. The second kappa shape index (κ2) is 8.66. The van der Waals surface area contributed by atoms with Gasteiger partial charge in [0.15, 0.2) is 0 Å². The maximum Gasteiger partial charge on any atom is 0.404 e. The molecule has 166 valence electrons. The average Bonchev–Trinajstić information content (AvgIpc) is 3.13. The van der Waals surface area contributed by atoms with Crippen molar-refractivity contribution in [3.63, 3.8) is 0 Å². The normalized spacial score (nSPS) is 18.6. The second-order valence-electron chi connectivity index (χ2n) is 7.00. The van der Waals surface area contributed by atoms with Gasteiger partial charge in [-0.3, -0.25) is 9.36 Å². The molecule has 1 aliphatic rings. The van der Waals surface area contributed by atoms with Crippen LogP contribution in [0.15, 0.2) is 47.4 Å². The van der Waals surface area contributed by atoms with Crippen molar-refractivity contribution in [2.24, 2.45) is 11.8 Å². The molecular weight excluding hydrogens is 424 g/mol. The quantitative estimate of drug-likeness (QED) is 0.634. The van der Waals surface area contributed by atoms with Gasteiger partial charge in [0.2, 0.25) is 0 Å². The summed E-state index contributed by atoms with van der Waals surface area (Å²) in [4.78, 5) is 35.7. The van der Waals surface area contributed by atoms with E-state index in [2.05, 4.69) is 5.32 Å². The van der Waals surface area contributed by atoms with Crippen molar-refractivity contribution < 1.29 is 32.3 Å². The number of urea groups is 1. The van der Waals surface area contributed by atoms with E-state index in [1.54, 1.807) is 6.07 Å². The third kappa shape index (κ3) is 5.13. The molecule has 2 atom stereocenters. The molecule has 0 radical (unpaired) electrons. The van der Waals surface area contributed by atoms with Crippen LogP contribution in [0.5, 0.6) is 0 Å². The van der Waals surface area contributed by atoms with Crippen molar-refractivity contribution in [2.75, 3.05) is 25.0 Å². The smallest absolute Gasteiger partial charge is 0.404 e. The third-order valence-corrected chi connectivity index (χ3v) is 4.96. The Morgan fingerprint density at radius 2 is 1.90 bits per heavy atom. The van der Waals surface area contributed by atoms with Crippen LogP contribution in [-0.4, -0.2) is 52.5 Å². The zero-order valence-electron chi connectivity index (χ0n) is 15.9. The molecule has 12 heteroatoms. The molecule has 1 fully saturated rings. The lowest BCUT2D eigenvalue weighted by Crippen LogP contribution is -2.37. The zero-order chi connectivity index (χ0) is 22.8. The van der Waals surface area contributed by atoms with Crippen LogP contribution in [-0.2, 0) is 0 Å². The molecule has 0 saturated carbocycles. The van der Waals surface area contributed by atoms with Crippen LogP contribution in [0.1, 0.15) is 0 Å². The molecule has 31 heavy (non-hydrogen) atoms. The van der Waals surface area contributed by atoms with Crippen LogP contribution in [0.4, 0.5) is 32.8 Å². The number of likely N-dealkylation sites (tertiary alicyclic amines) is 1.